The van der Waals surface area contributed by atoms with Crippen LogP contribution in [-0.4, -0.2) is 22.8 Å². The number of hydrogen-bond acceptors (Lipinski definition) is 4. The summed E-state index contributed by atoms with van der Waals surface area (Å²) in [7, 11) is 0. The third-order valence-electron chi connectivity index (χ3n) is 2.99. The molecule has 0 aromatic carbocycles. The highest BCUT2D eigenvalue weighted by atomic mass is 79.9. The second kappa shape index (κ2) is 5.25. The van der Waals surface area contributed by atoms with Crippen LogP contribution in [0.2, 0.25) is 0 Å². The van der Waals surface area contributed by atoms with Crippen LogP contribution < -0.4 is 4.90 Å². The second-order valence-electron chi connectivity index (χ2n) is 3.92. The zero-order chi connectivity index (χ0) is 10.7. The van der Waals surface area contributed by atoms with E-state index < -0.39 is 0 Å². The van der Waals surface area contributed by atoms with Crippen molar-refractivity contribution in [1.29, 1.82) is 0 Å². The van der Waals surface area contributed by atoms with Crippen LogP contribution in [0.5, 0.6) is 0 Å². The van der Waals surface area contributed by atoms with Crippen molar-refractivity contribution < 1.29 is 0 Å². The predicted molar refractivity (Wildman–Crippen MR) is 67.5 cm³/mol. The van der Waals surface area contributed by atoms with Crippen LogP contribution in [0.15, 0.2) is 3.92 Å². The number of nitrogens with zero attached hydrogens (tertiary/aromatic N) is 3. The summed E-state index contributed by atoms with van der Waals surface area (Å²) in [5.74, 6) is 0. The summed E-state index contributed by atoms with van der Waals surface area (Å²) in [5.41, 5.74) is 0. The van der Waals surface area contributed by atoms with E-state index in [-0.39, 0.29) is 0 Å². The Morgan fingerprint density at radius 3 is 2.60 bits per heavy atom. The third kappa shape index (κ3) is 2.69. The Bertz CT molecular complexity index is 309. The molecule has 0 spiro atoms. The third-order valence-corrected chi connectivity index (χ3v) is 4.38. The normalized spacial score (nSPS) is 18.0. The first-order chi connectivity index (χ1) is 7.31. The number of rotatable bonds is 3. The number of halogens is 1. The summed E-state index contributed by atoms with van der Waals surface area (Å²) in [4.78, 5) is 2.40. The van der Waals surface area contributed by atoms with Crippen LogP contribution in [0.1, 0.15) is 39.0 Å². The lowest BCUT2D eigenvalue weighted by molar-refractivity contribution is 0.417. The molecule has 15 heavy (non-hydrogen) atoms. The van der Waals surface area contributed by atoms with Gasteiger partial charge in [0.2, 0.25) is 5.13 Å². The van der Waals surface area contributed by atoms with Gasteiger partial charge in [-0.25, -0.2) is 0 Å². The lowest BCUT2D eigenvalue weighted by Gasteiger charge is -2.32. The van der Waals surface area contributed by atoms with Crippen molar-refractivity contribution in [3.63, 3.8) is 0 Å². The molecule has 0 saturated heterocycles. The fourth-order valence-corrected chi connectivity index (χ4v) is 3.48. The Morgan fingerprint density at radius 1 is 1.33 bits per heavy atom. The van der Waals surface area contributed by atoms with Gasteiger partial charge in [-0.1, -0.05) is 30.6 Å². The van der Waals surface area contributed by atoms with E-state index in [4.69, 9.17) is 0 Å². The van der Waals surface area contributed by atoms with Gasteiger partial charge in [-0.2, -0.15) is 0 Å². The molecule has 0 radical (unpaired) electrons. The summed E-state index contributed by atoms with van der Waals surface area (Å²) in [6, 6.07) is 0.684. The molecule has 0 N–H and O–H groups in total. The van der Waals surface area contributed by atoms with Gasteiger partial charge in [0.15, 0.2) is 3.92 Å². The standard InChI is InChI=1S/C10H16BrN3S/c1-2-14(8-6-4-3-5-7-8)10-13-12-9(11)15-10/h8H,2-7H2,1H3. The summed E-state index contributed by atoms with van der Waals surface area (Å²) in [6.07, 6.45) is 6.74. The minimum Gasteiger partial charge on any atom is -0.344 e. The van der Waals surface area contributed by atoms with Crippen LogP contribution in [0.4, 0.5) is 5.13 Å². The second-order valence-corrected chi connectivity index (χ2v) is 6.15. The Labute approximate surface area is 103 Å². The van der Waals surface area contributed by atoms with Gasteiger partial charge in [-0.05, 0) is 35.7 Å². The van der Waals surface area contributed by atoms with E-state index >= 15 is 0 Å². The van der Waals surface area contributed by atoms with E-state index in [0.717, 1.165) is 15.6 Å². The highest BCUT2D eigenvalue weighted by molar-refractivity contribution is 9.11. The van der Waals surface area contributed by atoms with Gasteiger partial charge in [0, 0.05) is 12.6 Å². The highest BCUT2D eigenvalue weighted by Gasteiger charge is 2.22. The van der Waals surface area contributed by atoms with Crippen molar-refractivity contribution in [3.05, 3.63) is 3.92 Å². The lowest BCUT2D eigenvalue weighted by atomic mass is 9.94. The molecule has 0 bridgehead atoms. The highest BCUT2D eigenvalue weighted by Crippen LogP contribution is 2.30. The van der Waals surface area contributed by atoms with E-state index in [0.29, 0.717) is 6.04 Å². The topological polar surface area (TPSA) is 29.0 Å². The summed E-state index contributed by atoms with van der Waals surface area (Å²) in [6.45, 7) is 3.23. The van der Waals surface area contributed by atoms with Gasteiger partial charge in [0.1, 0.15) is 0 Å². The van der Waals surface area contributed by atoms with E-state index in [1.54, 1.807) is 11.3 Å². The van der Waals surface area contributed by atoms with E-state index in [9.17, 15) is 0 Å². The average molecular weight is 290 g/mol. The largest absolute Gasteiger partial charge is 0.344 e. The summed E-state index contributed by atoms with van der Waals surface area (Å²) >= 11 is 5.01. The first-order valence-corrected chi connectivity index (χ1v) is 7.18. The average Bonchev–Trinajstić information content (AvgIpc) is 2.68. The Morgan fingerprint density at radius 2 is 2.07 bits per heavy atom. The smallest absolute Gasteiger partial charge is 0.209 e. The molecule has 1 saturated carbocycles. The van der Waals surface area contributed by atoms with E-state index in [1.165, 1.54) is 32.1 Å². The molecule has 2 rings (SSSR count). The van der Waals surface area contributed by atoms with Gasteiger partial charge in [0.25, 0.3) is 0 Å². The molecule has 0 unspecified atom stereocenters. The molecule has 3 nitrogen and oxygen atoms in total. The molecular weight excluding hydrogens is 274 g/mol. The van der Waals surface area contributed by atoms with Crippen molar-refractivity contribution in [2.24, 2.45) is 0 Å². The minimum absolute atomic E-state index is 0.684. The molecule has 84 valence electrons. The maximum absolute atomic E-state index is 4.21. The van der Waals surface area contributed by atoms with Gasteiger partial charge in [-0.15, -0.1) is 10.2 Å². The van der Waals surface area contributed by atoms with Gasteiger partial charge >= 0.3 is 0 Å². The Kier molecular flexibility index (Phi) is 3.97. The molecular formula is C10H16BrN3S. The van der Waals surface area contributed by atoms with Gasteiger partial charge in [0.05, 0.1) is 0 Å². The molecule has 1 aromatic heterocycles. The molecule has 1 aliphatic carbocycles. The maximum atomic E-state index is 4.21. The Balaban J connectivity index is 2.08. The zero-order valence-corrected chi connectivity index (χ0v) is 11.4. The minimum atomic E-state index is 0.684. The van der Waals surface area contributed by atoms with Crippen molar-refractivity contribution in [2.75, 3.05) is 11.4 Å². The molecule has 1 aromatic rings. The molecule has 0 atom stereocenters. The van der Waals surface area contributed by atoms with Crippen LogP contribution in [0.25, 0.3) is 0 Å². The zero-order valence-electron chi connectivity index (χ0n) is 8.95. The number of hydrogen-bond donors (Lipinski definition) is 0. The molecule has 0 amide bonds. The fraction of sp³-hybridized carbons (Fsp3) is 0.800. The lowest BCUT2D eigenvalue weighted by Crippen LogP contribution is -2.36. The number of anilines is 1. The monoisotopic (exact) mass is 289 g/mol. The Hall–Kier alpha value is -0.160. The van der Waals surface area contributed by atoms with Crippen LogP contribution in [-0.2, 0) is 0 Å². The maximum Gasteiger partial charge on any atom is 0.209 e. The van der Waals surface area contributed by atoms with Crippen molar-refractivity contribution in [3.8, 4) is 0 Å². The predicted octanol–water partition coefficient (Wildman–Crippen LogP) is 3.46. The summed E-state index contributed by atoms with van der Waals surface area (Å²) < 4.78 is 0.881. The van der Waals surface area contributed by atoms with Gasteiger partial charge < -0.3 is 4.90 Å². The molecule has 5 heteroatoms. The van der Waals surface area contributed by atoms with Crippen LogP contribution in [0, 0.1) is 0 Å². The van der Waals surface area contributed by atoms with Crippen molar-refractivity contribution in [1.82, 2.24) is 10.2 Å². The quantitative estimate of drug-likeness (QED) is 0.853. The van der Waals surface area contributed by atoms with Crippen LogP contribution >= 0.6 is 27.3 Å². The van der Waals surface area contributed by atoms with Crippen LogP contribution in [0.3, 0.4) is 0 Å². The first-order valence-electron chi connectivity index (χ1n) is 5.57. The van der Waals surface area contributed by atoms with E-state index in [1.807, 2.05) is 0 Å². The first kappa shape index (κ1) is 11.3. The van der Waals surface area contributed by atoms with E-state index in [2.05, 4.69) is 38.0 Å². The number of aromatic nitrogens is 2. The van der Waals surface area contributed by atoms with Crippen molar-refractivity contribution in [2.45, 2.75) is 45.1 Å². The summed E-state index contributed by atoms with van der Waals surface area (Å²) in [5, 5.41) is 9.30. The SMILES string of the molecule is CCN(c1nnc(Br)s1)C1CCCCC1. The molecule has 1 fully saturated rings. The van der Waals surface area contributed by atoms with Crippen molar-refractivity contribution >= 4 is 32.4 Å². The van der Waals surface area contributed by atoms with Gasteiger partial charge in [-0.3, -0.25) is 0 Å². The molecule has 1 aliphatic rings. The molecule has 0 aliphatic heterocycles. The molecule has 1 heterocycles. The fourth-order valence-electron chi connectivity index (χ4n) is 2.26.